The molecule has 0 amide bonds. The minimum atomic E-state index is 0.234. The van der Waals surface area contributed by atoms with Gasteiger partial charge in [0.25, 0.3) is 6.47 Å². The van der Waals surface area contributed by atoms with Crippen molar-refractivity contribution >= 4 is 22.4 Å². The highest BCUT2D eigenvalue weighted by Crippen LogP contribution is 2.24. The van der Waals surface area contributed by atoms with Crippen molar-refractivity contribution in [1.29, 1.82) is 0 Å². The molecule has 0 bridgehead atoms. The first-order valence-corrected chi connectivity index (χ1v) is 3.88. The fourth-order valence-electron chi connectivity index (χ4n) is 0.672. The Morgan fingerprint density at radius 1 is 1.58 bits per heavy atom. The number of pyridine rings is 1. The van der Waals surface area contributed by atoms with Crippen LogP contribution in [0.15, 0.2) is 16.7 Å². The van der Waals surface area contributed by atoms with E-state index in [-0.39, 0.29) is 5.88 Å². The maximum atomic E-state index is 9.93. The van der Waals surface area contributed by atoms with E-state index in [2.05, 4.69) is 25.7 Å². The van der Waals surface area contributed by atoms with Crippen LogP contribution in [0.5, 0.6) is 11.6 Å². The lowest BCUT2D eigenvalue weighted by Gasteiger charge is -2.02. The highest BCUT2D eigenvalue weighted by Gasteiger charge is 2.02. The van der Waals surface area contributed by atoms with Crippen LogP contribution in [-0.2, 0) is 4.79 Å². The van der Waals surface area contributed by atoms with Crippen molar-refractivity contribution in [3.8, 4) is 11.6 Å². The Morgan fingerprint density at radius 3 is 2.83 bits per heavy atom. The van der Waals surface area contributed by atoms with Crippen molar-refractivity contribution in [2.24, 2.45) is 0 Å². The first-order chi connectivity index (χ1) is 5.77. The molecule has 0 atom stereocenters. The number of rotatable bonds is 3. The summed E-state index contributed by atoms with van der Waals surface area (Å²) in [5.41, 5.74) is 0. The van der Waals surface area contributed by atoms with Gasteiger partial charge in [-0.2, -0.15) is 0 Å². The Morgan fingerprint density at radius 2 is 2.33 bits per heavy atom. The third kappa shape index (κ3) is 1.94. The highest BCUT2D eigenvalue weighted by atomic mass is 79.9. The summed E-state index contributed by atoms with van der Waals surface area (Å²) in [7, 11) is 1.53. The van der Waals surface area contributed by atoms with E-state index in [9.17, 15) is 4.79 Å². The summed E-state index contributed by atoms with van der Waals surface area (Å²) < 4.78 is 9.94. The van der Waals surface area contributed by atoms with Crippen molar-refractivity contribution in [1.82, 2.24) is 4.98 Å². The zero-order valence-corrected chi connectivity index (χ0v) is 7.87. The van der Waals surface area contributed by atoms with Gasteiger partial charge in [-0.1, -0.05) is 0 Å². The molecule has 4 nitrogen and oxygen atoms in total. The lowest BCUT2D eigenvalue weighted by Crippen LogP contribution is -1.93. The first-order valence-electron chi connectivity index (χ1n) is 3.08. The monoisotopic (exact) mass is 231 g/mol. The molecule has 0 unspecified atom stereocenters. The van der Waals surface area contributed by atoms with Gasteiger partial charge in [0.05, 0.1) is 7.11 Å². The second kappa shape index (κ2) is 4.06. The molecule has 0 saturated carbocycles. The van der Waals surface area contributed by atoms with Crippen LogP contribution in [0.3, 0.4) is 0 Å². The van der Waals surface area contributed by atoms with Crippen LogP contribution >= 0.6 is 15.9 Å². The number of methoxy groups -OCH3 is 1. The maximum absolute atomic E-state index is 9.93. The second-order valence-corrected chi connectivity index (χ2v) is 2.61. The summed E-state index contributed by atoms with van der Waals surface area (Å²) in [5.74, 6) is 0.825. The Bertz CT molecular complexity index is 290. The van der Waals surface area contributed by atoms with Gasteiger partial charge in [-0.15, -0.1) is 0 Å². The average Bonchev–Trinajstić information content (AvgIpc) is 2.05. The van der Waals surface area contributed by atoms with Gasteiger partial charge in [-0.3, -0.25) is 4.79 Å². The summed E-state index contributed by atoms with van der Waals surface area (Å²) in [4.78, 5) is 13.8. The van der Waals surface area contributed by atoms with E-state index in [0.29, 0.717) is 16.8 Å². The van der Waals surface area contributed by atoms with Crippen molar-refractivity contribution in [2.75, 3.05) is 7.11 Å². The van der Waals surface area contributed by atoms with E-state index >= 15 is 0 Å². The maximum Gasteiger partial charge on any atom is 0.299 e. The molecule has 0 radical (unpaired) electrons. The number of carbonyl (C=O) groups excluding carboxylic acids is 1. The molecule has 0 fully saturated rings. The highest BCUT2D eigenvalue weighted by molar-refractivity contribution is 9.10. The molecule has 64 valence electrons. The lowest BCUT2D eigenvalue weighted by atomic mass is 10.4. The van der Waals surface area contributed by atoms with Gasteiger partial charge in [0.15, 0.2) is 10.4 Å². The van der Waals surface area contributed by atoms with E-state index in [4.69, 9.17) is 4.74 Å². The fourth-order valence-corrected chi connectivity index (χ4v) is 1.14. The number of carbonyl (C=O) groups is 1. The number of ether oxygens (including phenoxy) is 2. The van der Waals surface area contributed by atoms with Crippen LogP contribution in [-0.4, -0.2) is 18.6 Å². The van der Waals surface area contributed by atoms with E-state index in [0.717, 1.165) is 0 Å². The molecule has 1 aromatic rings. The molecule has 0 aliphatic heterocycles. The van der Waals surface area contributed by atoms with E-state index < -0.39 is 0 Å². The van der Waals surface area contributed by atoms with Gasteiger partial charge in [-0.25, -0.2) is 4.98 Å². The third-order valence-electron chi connectivity index (χ3n) is 1.18. The summed E-state index contributed by atoms with van der Waals surface area (Å²) >= 11 is 3.15. The van der Waals surface area contributed by atoms with Gasteiger partial charge in [0.2, 0.25) is 5.88 Å². The molecule has 0 aliphatic carbocycles. The number of nitrogens with zero attached hydrogens (tertiary/aromatic N) is 1. The Balaban J connectivity index is 2.93. The minimum Gasteiger partial charge on any atom is -0.494 e. The van der Waals surface area contributed by atoms with Crippen molar-refractivity contribution in [3.05, 3.63) is 16.7 Å². The Hall–Kier alpha value is -1.10. The summed E-state index contributed by atoms with van der Waals surface area (Å²) in [6, 6.07) is 3.19. The number of aromatic nitrogens is 1. The van der Waals surface area contributed by atoms with Gasteiger partial charge < -0.3 is 9.47 Å². The molecule has 0 aliphatic rings. The van der Waals surface area contributed by atoms with Crippen molar-refractivity contribution in [2.45, 2.75) is 0 Å². The van der Waals surface area contributed by atoms with E-state index in [1.165, 1.54) is 13.2 Å². The zero-order valence-electron chi connectivity index (χ0n) is 6.28. The predicted octanol–water partition coefficient (Wildman–Crippen LogP) is 1.39. The van der Waals surface area contributed by atoms with Crippen LogP contribution < -0.4 is 9.47 Å². The molecular weight excluding hydrogens is 226 g/mol. The SMILES string of the molecule is COc1ccc(OC=O)nc1Br. The van der Waals surface area contributed by atoms with Crippen LogP contribution in [0.1, 0.15) is 0 Å². The Kier molecular flexibility index (Phi) is 3.04. The first kappa shape index (κ1) is 8.99. The van der Waals surface area contributed by atoms with Crippen LogP contribution in [0.25, 0.3) is 0 Å². The fraction of sp³-hybridized carbons (Fsp3) is 0.143. The zero-order chi connectivity index (χ0) is 8.97. The standard InChI is InChI=1S/C7H6BrNO3/c1-11-5-2-3-6(12-4-10)9-7(5)8/h2-4H,1H3. The van der Waals surface area contributed by atoms with Crippen molar-refractivity contribution < 1.29 is 14.3 Å². The third-order valence-corrected chi connectivity index (χ3v) is 1.75. The van der Waals surface area contributed by atoms with E-state index in [1.807, 2.05) is 0 Å². The molecule has 1 heterocycles. The van der Waals surface area contributed by atoms with Crippen LogP contribution in [0.4, 0.5) is 0 Å². The number of halogens is 1. The predicted molar refractivity (Wildman–Crippen MR) is 45.2 cm³/mol. The van der Waals surface area contributed by atoms with Crippen LogP contribution in [0, 0.1) is 0 Å². The Labute approximate surface area is 77.6 Å². The summed E-state index contributed by atoms with van der Waals surface area (Å²) in [6.07, 6.45) is 0. The largest absolute Gasteiger partial charge is 0.494 e. The van der Waals surface area contributed by atoms with E-state index in [1.54, 1.807) is 6.07 Å². The molecule has 1 rings (SSSR count). The smallest absolute Gasteiger partial charge is 0.299 e. The molecule has 0 spiro atoms. The lowest BCUT2D eigenvalue weighted by molar-refractivity contribution is -0.120. The minimum absolute atomic E-state index is 0.234. The van der Waals surface area contributed by atoms with Crippen molar-refractivity contribution in [3.63, 3.8) is 0 Å². The molecule has 12 heavy (non-hydrogen) atoms. The summed E-state index contributed by atoms with van der Waals surface area (Å²) in [5, 5.41) is 0. The summed E-state index contributed by atoms with van der Waals surface area (Å²) in [6.45, 7) is 0.321. The van der Waals surface area contributed by atoms with Gasteiger partial charge in [0.1, 0.15) is 0 Å². The molecular formula is C7H6BrNO3. The number of hydrogen-bond acceptors (Lipinski definition) is 4. The molecule has 5 heteroatoms. The normalized spacial score (nSPS) is 9.17. The molecule has 0 saturated heterocycles. The van der Waals surface area contributed by atoms with Gasteiger partial charge >= 0.3 is 0 Å². The molecule has 0 N–H and O–H groups in total. The van der Waals surface area contributed by atoms with Gasteiger partial charge in [0, 0.05) is 6.07 Å². The second-order valence-electron chi connectivity index (χ2n) is 1.86. The molecule has 1 aromatic heterocycles. The molecule has 0 aromatic carbocycles. The number of hydrogen-bond donors (Lipinski definition) is 0. The topological polar surface area (TPSA) is 48.4 Å². The van der Waals surface area contributed by atoms with Gasteiger partial charge in [-0.05, 0) is 22.0 Å². The average molecular weight is 232 g/mol. The van der Waals surface area contributed by atoms with Crippen LogP contribution in [0.2, 0.25) is 0 Å². The quantitative estimate of drug-likeness (QED) is 0.583.